The van der Waals surface area contributed by atoms with Crippen LogP contribution in [0.5, 0.6) is 0 Å². The number of anilines is 1. The fourth-order valence-electron chi connectivity index (χ4n) is 3.69. The Balaban J connectivity index is 1.37. The molecule has 1 aliphatic rings. The Morgan fingerprint density at radius 1 is 1.16 bits per heavy atom. The Hall–Kier alpha value is -2.98. The van der Waals surface area contributed by atoms with Crippen molar-refractivity contribution in [1.82, 2.24) is 23.6 Å². The number of rotatable bonds is 6. The summed E-state index contributed by atoms with van der Waals surface area (Å²) in [5.41, 5.74) is 1.09. The fourth-order valence-corrected chi connectivity index (χ4v) is 5.19. The van der Waals surface area contributed by atoms with Crippen LogP contribution in [0.4, 0.5) is 5.82 Å². The molecule has 0 spiro atoms. The lowest BCUT2D eigenvalue weighted by Crippen LogP contribution is -2.41. The van der Waals surface area contributed by atoms with Crippen molar-refractivity contribution in [3.8, 4) is 0 Å². The van der Waals surface area contributed by atoms with Gasteiger partial charge in [-0.05, 0) is 25.3 Å². The molecular formula is C21H26N6O3S. The van der Waals surface area contributed by atoms with E-state index < -0.39 is 10.0 Å². The molecule has 0 aliphatic carbocycles. The number of imidazole rings is 1. The zero-order chi connectivity index (χ0) is 22.0. The van der Waals surface area contributed by atoms with Gasteiger partial charge in [0, 0.05) is 38.3 Å². The Morgan fingerprint density at radius 3 is 2.52 bits per heavy atom. The highest BCUT2D eigenvalue weighted by atomic mass is 32.2. The van der Waals surface area contributed by atoms with E-state index in [0.29, 0.717) is 44.1 Å². The minimum absolute atomic E-state index is 0.0558. The molecule has 1 aliphatic heterocycles. The summed E-state index contributed by atoms with van der Waals surface area (Å²) in [5, 5.41) is 7.31. The van der Waals surface area contributed by atoms with Crippen LogP contribution in [-0.4, -0.2) is 51.1 Å². The Kier molecular flexibility index (Phi) is 5.92. The summed E-state index contributed by atoms with van der Waals surface area (Å²) in [6.45, 7) is 2.90. The third-order valence-electron chi connectivity index (χ3n) is 5.66. The van der Waals surface area contributed by atoms with Crippen LogP contribution in [0.2, 0.25) is 0 Å². The number of aryl methyl sites for hydroxylation is 2. The average Bonchev–Trinajstić information content (AvgIpc) is 3.35. The largest absolute Gasteiger partial charge is 0.337 e. The van der Waals surface area contributed by atoms with Gasteiger partial charge in [0.15, 0.2) is 5.03 Å². The predicted octanol–water partition coefficient (Wildman–Crippen LogP) is 2.01. The third kappa shape index (κ3) is 4.54. The van der Waals surface area contributed by atoms with Crippen molar-refractivity contribution in [3.05, 3.63) is 60.2 Å². The first-order valence-electron chi connectivity index (χ1n) is 10.2. The van der Waals surface area contributed by atoms with Crippen LogP contribution in [0.1, 0.15) is 24.2 Å². The lowest BCUT2D eigenvalue weighted by atomic mass is 9.97. The Bertz CT molecular complexity index is 1140. The van der Waals surface area contributed by atoms with E-state index >= 15 is 0 Å². The third-order valence-corrected chi connectivity index (χ3v) is 7.43. The van der Waals surface area contributed by atoms with Crippen LogP contribution in [0.25, 0.3) is 0 Å². The molecule has 1 saturated heterocycles. The van der Waals surface area contributed by atoms with Gasteiger partial charge in [-0.1, -0.05) is 30.3 Å². The number of benzene rings is 1. The van der Waals surface area contributed by atoms with E-state index in [1.54, 1.807) is 35.5 Å². The number of carbonyl (C=O) groups is 1. The SMILES string of the molecule is Cc1nc(S(=O)(=O)N2CCC(C(=O)Nc3ccnn3Cc3ccccc3)CC2)cn1C. The van der Waals surface area contributed by atoms with Crippen molar-refractivity contribution in [2.24, 2.45) is 13.0 Å². The van der Waals surface area contributed by atoms with Crippen LogP contribution in [0.3, 0.4) is 0 Å². The first-order chi connectivity index (χ1) is 14.8. The maximum atomic E-state index is 12.8. The van der Waals surface area contributed by atoms with E-state index in [2.05, 4.69) is 15.4 Å². The molecule has 9 nitrogen and oxygen atoms in total. The molecule has 3 heterocycles. The fraction of sp³-hybridized carbons (Fsp3) is 0.381. The van der Waals surface area contributed by atoms with Crippen molar-refractivity contribution < 1.29 is 13.2 Å². The zero-order valence-electron chi connectivity index (χ0n) is 17.6. The molecular weight excluding hydrogens is 416 g/mol. The van der Waals surface area contributed by atoms with Crippen LogP contribution < -0.4 is 5.32 Å². The normalized spacial score (nSPS) is 15.8. The molecule has 0 unspecified atom stereocenters. The standard InChI is InChI=1S/C21H26N6O3S/c1-16-23-20(15-25(16)2)31(29,30)26-12-9-18(10-13-26)21(28)24-19-8-11-22-27(19)14-17-6-4-3-5-7-17/h3-8,11,15,18H,9-10,12-14H2,1-2H3,(H,24,28). The number of nitrogens with one attached hydrogen (secondary N) is 1. The van der Waals surface area contributed by atoms with E-state index in [0.717, 1.165) is 5.56 Å². The van der Waals surface area contributed by atoms with Crippen LogP contribution in [-0.2, 0) is 28.4 Å². The molecule has 1 N–H and O–H groups in total. The molecule has 1 amide bonds. The number of hydrogen-bond donors (Lipinski definition) is 1. The topological polar surface area (TPSA) is 102 Å². The number of aromatic nitrogens is 4. The van der Waals surface area contributed by atoms with Gasteiger partial charge in [-0.2, -0.15) is 9.40 Å². The van der Waals surface area contributed by atoms with Crippen molar-refractivity contribution >= 4 is 21.7 Å². The number of amides is 1. The highest BCUT2D eigenvalue weighted by molar-refractivity contribution is 7.89. The smallest absolute Gasteiger partial charge is 0.262 e. The summed E-state index contributed by atoms with van der Waals surface area (Å²) in [6.07, 6.45) is 4.10. The number of carbonyl (C=O) groups excluding carboxylic acids is 1. The summed E-state index contributed by atoms with van der Waals surface area (Å²) >= 11 is 0. The minimum Gasteiger partial charge on any atom is -0.337 e. The summed E-state index contributed by atoms with van der Waals surface area (Å²) in [6, 6.07) is 11.7. The van der Waals surface area contributed by atoms with E-state index in [-0.39, 0.29) is 16.9 Å². The minimum atomic E-state index is -3.65. The van der Waals surface area contributed by atoms with Crippen LogP contribution in [0.15, 0.2) is 53.8 Å². The lowest BCUT2D eigenvalue weighted by Gasteiger charge is -2.29. The summed E-state index contributed by atoms with van der Waals surface area (Å²) in [5.74, 6) is 0.908. The molecule has 4 rings (SSSR count). The van der Waals surface area contributed by atoms with Gasteiger partial charge in [0.25, 0.3) is 10.0 Å². The van der Waals surface area contributed by atoms with Gasteiger partial charge < -0.3 is 9.88 Å². The second kappa shape index (κ2) is 8.64. The molecule has 0 radical (unpaired) electrons. The van der Waals surface area contributed by atoms with E-state index in [1.807, 2.05) is 30.3 Å². The van der Waals surface area contributed by atoms with E-state index in [4.69, 9.17) is 0 Å². The quantitative estimate of drug-likeness (QED) is 0.629. The number of piperidine rings is 1. The summed E-state index contributed by atoms with van der Waals surface area (Å²) in [4.78, 5) is 17.0. The van der Waals surface area contributed by atoms with Gasteiger partial charge in [0.2, 0.25) is 5.91 Å². The Morgan fingerprint density at radius 2 is 1.87 bits per heavy atom. The molecule has 2 aromatic heterocycles. The molecule has 1 fully saturated rings. The van der Waals surface area contributed by atoms with E-state index in [9.17, 15) is 13.2 Å². The maximum Gasteiger partial charge on any atom is 0.262 e. The van der Waals surface area contributed by atoms with Gasteiger partial charge in [0.1, 0.15) is 11.6 Å². The first kappa shape index (κ1) is 21.3. The molecule has 1 aromatic carbocycles. The van der Waals surface area contributed by atoms with E-state index in [1.165, 1.54) is 10.5 Å². The van der Waals surface area contributed by atoms with Crippen molar-refractivity contribution in [2.45, 2.75) is 31.3 Å². The second-order valence-electron chi connectivity index (χ2n) is 7.76. The number of nitrogens with zero attached hydrogens (tertiary/aromatic N) is 5. The summed E-state index contributed by atoms with van der Waals surface area (Å²) < 4.78 is 30.5. The molecule has 0 atom stereocenters. The predicted molar refractivity (Wildman–Crippen MR) is 116 cm³/mol. The number of hydrogen-bond acceptors (Lipinski definition) is 5. The lowest BCUT2D eigenvalue weighted by molar-refractivity contribution is -0.121. The van der Waals surface area contributed by atoms with Gasteiger partial charge in [-0.3, -0.25) is 4.79 Å². The van der Waals surface area contributed by atoms with Gasteiger partial charge in [-0.15, -0.1) is 0 Å². The second-order valence-corrected chi connectivity index (χ2v) is 9.65. The first-order valence-corrected chi connectivity index (χ1v) is 11.7. The van der Waals surface area contributed by atoms with Gasteiger partial charge >= 0.3 is 0 Å². The molecule has 0 saturated carbocycles. The molecule has 31 heavy (non-hydrogen) atoms. The van der Waals surface area contributed by atoms with Crippen molar-refractivity contribution in [1.29, 1.82) is 0 Å². The number of sulfonamides is 1. The average molecular weight is 443 g/mol. The summed E-state index contributed by atoms with van der Waals surface area (Å²) in [7, 11) is -1.88. The van der Waals surface area contributed by atoms with Crippen LogP contribution >= 0.6 is 0 Å². The zero-order valence-corrected chi connectivity index (χ0v) is 18.4. The Labute approximate surface area is 181 Å². The van der Waals surface area contributed by atoms with Crippen LogP contribution in [0, 0.1) is 12.8 Å². The molecule has 0 bridgehead atoms. The van der Waals surface area contributed by atoms with Crippen molar-refractivity contribution in [2.75, 3.05) is 18.4 Å². The van der Waals surface area contributed by atoms with Crippen molar-refractivity contribution in [3.63, 3.8) is 0 Å². The molecule has 164 valence electrons. The highest BCUT2D eigenvalue weighted by Gasteiger charge is 2.33. The van der Waals surface area contributed by atoms with Gasteiger partial charge in [0.05, 0.1) is 12.7 Å². The molecule has 3 aromatic rings. The molecule has 10 heteroatoms. The highest BCUT2D eigenvalue weighted by Crippen LogP contribution is 2.24. The maximum absolute atomic E-state index is 12.8. The van der Waals surface area contributed by atoms with Gasteiger partial charge in [-0.25, -0.2) is 18.1 Å². The monoisotopic (exact) mass is 442 g/mol.